The van der Waals surface area contributed by atoms with E-state index in [-0.39, 0.29) is 11.7 Å². The number of nitrogens with two attached hydrogens (primary N) is 1. The third-order valence-electron chi connectivity index (χ3n) is 2.71. The SMILES string of the molecule is COc1cc(/C=C2/C(=O)N=C(N)N2C)cc(Br)c1O. The number of hydrogen-bond acceptors (Lipinski definition) is 5. The van der Waals surface area contributed by atoms with Gasteiger partial charge >= 0.3 is 0 Å². The Morgan fingerprint density at radius 3 is 2.74 bits per heavy atom. The number of hydrogen-bond donors (Lipinski definition) is 2. The van der Waals surface area contributed by atoms with Gasteiger partial charge in [0.2, 0.25) is 5.96 Å². The summed E-state index contributed by atoms with van der Waals surface area (Å²) in [6, 6.07) is 3.28. The molecule has 0 spiro atoms. The Labute approximate surface area is 118 Å². The highest BCUT2D eigenvalue weighted by atomic mass is 79.9. The summed E-state index contributed by atoms with van der Waals surface area (Å²) in [6.07, 6.45) is 1.62. The first kappa shape index (κ1) is 13.4. The summed E-state index contributed by atoms with van der Waals surface area (Å²) < 4.78 is 5.52. The van der Waals surface area contributed by atoms with E-state index in [0.717, 1.165) is 0 Å². The zero-order valence-corrected chi connectivity index (χ0v) is 11.9. The van der Waals surface area contributed by atoms with Gasteiger partial charge in [-0.3, -0.25) is 4.79 Å². The molecule has 1 aromatic rings. The van der Waals surface area contributed by atoms with Crippen LogP contribution < -0.4 is 10.5 Å². The monoisotopic (exact) mass is 325 g/mol. The molecule has 0 bridgehead atoms. The number of aliphatic imine (C=N–C) groups is 1. The molecule has 1 heterocycles. The van der Waals surface area contributed by atoms with E-state index in [9.17, 15) is 9.90 Å². The maximum Gasteiger partial charge on any atom is 0.296 e. The molecule has 0 unspecified atom stereocenters. The molecule has 0 saturated heterocycles. The second kappa shape index (κ2) is 4.93. The molecule has 1 amide bonds. The van der Waals surface area contributed by atoms with Gasteiger partial charge in [-0.05, 0) is 39.7 Å². The topological polar surface area (TPSA) is 88.1 Å². The first-order valence-corrected chi connectivity index (χ1v) is 6.13. The molecule has 3 N–H and O–H groups in total. The lowest BCUT2D eigenvalue weighted by atomic mass is 10.1. The molecule has 0 saturated carbocycles. The van der Waals surface area contributed by atoms with Crippen LogP contribution in [-0.4, -0.2) is 36.0 Å². The van der Waals surface area contributed by atoms with E-state index < -0.39 is 5.91 Å². The van der Waals surface area contributed by atoms with Gasteiger partial charge in [0, 0.05) is 7.05 Å². The number of benzene rings is 1. The number of ether oxygens (including phenoxy) is 1. The number of guanidine groups is 1. The molecule has 0 radical (unpaired) electrons. The molecule has 100 valence electrons. The molecule has 0 aromatic heterocycles. The molecule has 6 nitrogen and oxygen atoms in total. The zero-order chi connectivity index (χ0) is 14.2. The standard InChI is InChI=1S/C12H12BrN3O3/c1-16-8(11(18)15-12(16)14)4-6-3-7(13)10(17)9(5-6)19-2/h3-5,17H,1-2H3,(H2,14,15,18)/b8-4-. The predicted octanol–water partition coefficient (Wildman–Crippen LogP) is 1.29. The van der Waals surface area contributed by atoms with Crippen LogP contribution in [0, 0.1) is 0 Å². The van der Waals surface area contributed by atoms with Gasteiger partial charge < -0.3 is 20.5 Å². The summed E-state index contributed by atoms with van der Waals surface area (Å²) in [5, 5.41) is 9.72. The molecule has 2 rings (SSSR count). The number of amides is 1. The van der Waals surface area contributed by atoms with Gasteiger partial charge in [-0.25, -0.2) is 0 Å². The van der Waals surface area contributed by atoms with Crippen LogP contribution in [0.15, 0.2) is 27.3 Å². The van der Waals surface area contributed by atoms with Gasteiger partial charge in [0.1, 0.15) is 5.70 Å². The Hall–Kier alpha value is -2.02. The van der Waals surface area contributed by atoms with Gasteiger partial charge in [-0.2, -0.15) is 4.99 Å². The number of phenolic OH excluding ortho intramolecular Hbond substituents is 1. The van der Waals surface area contributed by atoms with E-state index in [2.05, 4.69) is 20.9 Å². The Balaban J connectivity index is 2.45. The lowest BCUT2D eigenvalue weighted by Gasteiger charge is -2.12. The minimum absolute atomic E-state index is 0.00603. The van der Waals surface area contributed by atoms with Crippen LogP contribution in [0.2, 0.25) is 0 Å². The third-order valence-corrected chi connectivity index (χ3v) is 3.32. The van der Waals surface area contributed by atoms with Crippen molar-refractivity contribution < 1.29 is 14.6 Å². The van der Waals surface area contributed by atoms with Crippen LogP contribution in [0.3, 0.4) is 0 Å². The van der Waals surface area contributed by atoms with Crippen molar-refractivity contribution in [2.45, 2.75) is 0 Å². The summed E-state index contributed by atoms with van der Waals surface area (Å²) in [4.78, 5) is 16.8. The van der Waals surface area contributed by atoms with E-state index >= 15 is 0 Å². The molecular formula is C12H12BrN3O3. The second-order valence-corrected chi connectivity index (χ2v) is 4.77. The number of rotatable bonds is 2. The summed E-state index contributed by atoms with van der Waals surface area (Å²) in [5.41, 5.74) is 6.60. The molecule has 0 fully saturated rings. The van der Waals surface area contributed by atoms with Crippen LogP contribution in [-0.2, 0) is 4.79 Å². The molecule has 0 atom stereocenters. The number of carbonyl (C=O) groups is 1. The smallest absolute Gasteiger partial charge is 0.296 e. The molecular weight excluding hydrogens is 314 g/mol. The van der Waals surface area contributed by atoms with Crippen molar-refractivity contribution in [2.24, 2.45) is 10.7 Å². The second-order valence-electron chi connectivity index (χ2n) is 3.92. The molecule has 1 aromatic carbocycles. The Morgan fingerprint density at radius 1 is 1.53 bits per heavy atom. The average Bonchev–Trinajstić information content (AvgIpc) is 2.60. The van der Waals surface area contributed by atoms with Crippen molar-refractivity contribution in [1.82, 2.24) is 4.90 Å². The van der Waals surface area contributed by atoms with Crippen molar-refractivity contribution in [2.75, 3.05) is 14.2 Å². The quantitative estimate of drug-likeness (QED) is 0.800. The highest BCUT2D eigenvalue weighted by molar-refractivity contribution is 9.10. The molecule has 0 aliphatic carbocycles. The van der Waals surface area contributed by atoms with Gasteiger partial charge in [-0.15, -0.1) is 0 Å². The fourth-order valence-corrected chi connectivity index (χ4v) is 2.11. The minimum atomic E-state index is -0.400. The van der Waals surface area contributed by atoms with E-state index in [0.29, 0.717) is 21.5 Å². The van der Waals surface area contributed by atoms with Crippen LogP contribution in [0.1, 0.15) is 5.56 Å². The summed E-state index contributed by atoms with van der Waals surface area (Å²) in [5.74, 6) is 0.0685. The van der Waals surface area contributed by atoms with Crippen LogP contribution >= 0.6 is 15.9 Å². The number of methoxy groups -OCH3 is 1. The summed E-state index contributed by atoms with van der Waals surface area (Å²) in [7, 11) is 3.11. The fraction of sp³-hybridized carbons (Fsp3) is 0.167. The minimum Gasteiger partial charge on any atom is -0.503 e. The summed E-state index contributed by atoms with van der Waals surface area (Å²) in [6.45, 7) is 0. The number of aromatic hydroxyl groups is 1. The van der Waals surface area contributed by atoms with Crippen molar-refractivity contribution in [3.63, 3.8) is 0 Å². The van der Waals surface area contributed by atoms with E-state index in [1.165, 1.54) is 12.0 Å². The van der Waals surface area contributed by atoms with Gasteiger partial charge in [0.25, 0.3) is 5.91 Å². The number of nitrogens with zero attached hydrogens (tertiary/aromatic N) is 2. The van der Waals surface area contributed by atoms with Crippen LogP contribution in [0.5, 0.6) is 11.5 Å². The molecule has 1 aliphatic rings. The third kappa shape index (κ3) is 2.41. The highest BCUT2D eigenvalue weighted by Gasteiger charge is 2.24. The Kier molecular flexibility index (Phi) is 3.48. The number of likely N-dealkylation sites (N-methyl/N-ethyl adjacent to an activating group) is 1. The number of phenols is 1. The normalized spacial score (nSPS) is 17.0. The maximum absolute atomic E-state index is 11.6. The lowest BCUT2D eigenvalue weighted by molar-refractivity contribution is -0.114. The highest BCUT2D eigenvalue weighted by Crippen LogP contribution is 2.36. The maximum atomic E-state index is 11.6. The van der Waals surface area contributed by atoms with Crippen LogP contribution in [0.4, 0.5) is 0 Å². The van der Waals surface area contributed by atoms with E-state index in [4.69, 9.17) is 10.5 Å². The lowest BCUT2D eigenvalue weighted by Crippen LogP contribution is -2.28. The zero-order valence-electron chi connectivity index (χ0n) is 10.3. The first-order chi connectivity index (χ1) is 8.93. The van der Waals surface area contributed by atoms with Gasteiger partial charge in [-0.1, -0.05) is 0 Å². The molecule has 7 heteroatoms. The van der Waals surface area contributed by atoms with E-state index in [1.54, 1.807) is 25.3 Å². The largest absolute Gasteiger partial charge is 0.503 e. The fourth-order valence-electron chi connectivity index (χ4n) is 1.65. The Morgan fingerprint density at radius 2 is 2.21 bits per heavy atom. The Bertz CT molecular complexity index is 610. The van der Waals surface area contributed by atoms with Crippen molar-refractivity contribution in [1.29, 1.82) is 0 Å². The first-order valence-electron chi connectivity index (χ1n) is 5.34. The van der Waals surface area contributed by atoms with Crippen LogP contribution in [0.25, 0.3) is 6.08 Å². The number of halogens is 1. The predicted molar refractivity (Wildman–Crippen MR) is 74.7 cm³/mol. The number of carbonyl (C=O) groups excluding carboxylic acids is 1. The van der Waals surface area contributed by atoms with Gasteiger partial charge in [0.15, 0.2) is 11.5 Å². The van der Waals surface area contributed by atoms with Gasteiger partial charge in [0.05, 0.1) is 11.6 Å². The average molecular weight is 326 g/mol. The van der Waals surface area contributed by atoms with Crippen molar-refractivity contribution in [3.8, 4) is 11.5 Å². The molecule has 1 aliphatic heterocycles. The van der Waals surface area contributed by atoms with Crippen molar-refractivity contribution in [3.05, 3.63) is 27.9 Å². The molecule has 19 heavy (non-hydrogen) atoms. The van der Waals surface area contributed by atoms with E-state index in [1.807, 2.05) is 0 Å². The summed E-state index contributed by atoms with van der Waals surface area (Å²) >= 11 is 3.22. The van der Waals surface area contributed by atoms with Crippen molar-refractivity contribution >= 4 is 33.9 Å².